The van der Waals surface area contributed by atoms with E-state index in [1.807, 2.05) is 30.3 Å². The molecule has 120 valence electrons. The second-order valence-corrected chi connectivity index (χ2v) is 6.63. The molecule has 0 radical (unpaired) electrons. The van der Waals surface area contributed by atoms with Crippen molar-refractivity contribution in [2.24, 2.45) is 0 Å². The van der Waals surface area contributed by atoms with Crippen molar-refractivity contribution >= 4 is 17.6 Å². The molecule has 1 atom stereocenters. The van der Waals surface area contributed by atoms with Crippen molar-refractivity contribution in [1.82, 2.24) is 4.90 Å². The number of likely N-dealkylation sites (tertiary alicyclic amines) is 1. The van der Waals surface area contributed by atoms with Crippen molar-refractivity contribution in [3.8, 4) is 0 Å². The van der Waals surface area contributed by atoms with E-state index < -0.39 is 11.4 Å². The largest absolute Gasteiger partial charge is 0.481 e. The van der Waals surface area contributed by atoms with Crippen LogP contribution in [0.3, 0.4) is 0 Å². The van der Waals surface area contributed by atoms with E-state index in [4.69, 9.17) is 11.6 Å². The van der Waals surface area contributed by atoms with E-state index in [0.717, 1.165) is 25.1 Å². The Morgan fingerprint density at radius 1 is 1.13 bits per heavy atom. The Balaban J connectivity index is 1.85. The molecule has 0 aromatic heterocycles. The molecular weight excluding hydrogens is 310 g/mol. The first-order valence-corrected chi connectivity index (χ1v) is 8.24. The van der Waals surface area contributed by atoms with Crippen LogP contribution in [0.4, 0.5) is 0 Å². The highest BCUT2D eigenvalue weighted by Gasteiger charge is 2.43. The first-order valence-electron chi connectivity index (χ1n) is 7.86. The van der Waals surface area contributed by atoms with E-state index in [-0.39, 0.29) is 0 Å². The molecule has 1 N–H and O–H groups in total. The number of carboxylic acids is 1. The summed E-state index contributed by atoms with van der Waals surface area (Å²) in [5.74, 6) is -0.752. The summed E-state index contributed by atoms with van der Waals surface area (Å²) in [6, 6.07) is 17.4. The van der Waals surface area contributed by atoms with Crippen molar-refractivity contribution in [1.29, 1.82) is 0 Å². The highest BCUT2D eigenvalue weighted by Crippen LogP contribution is 2.35. The van der Waals surface area contributed by atoms with Gasteiger partial charge in [0.05, 0.1) is 0 Å². The predicted octanol–water partition coefficient (Wildman–Crippen LogP) is 3.96. The number of benzene rings is 2. The molecule has 0 spiro atoms. The Hall–Kier alpha value is -1.84. The van der Waals surface area contributed by atoms with Crippen LogP contribution in [0.5, 0.6) is 0 Å². The molecule has 3 nitrogen and oxygen atoms in total. The van der Waals surface area contributed by atoms with E-state index >= 15 is 0 Å². The van der Waals surface area contributed by atoms with Crippen LogP contribution in [-0.4, -0.2) is 29.1 Å². The second kappa shape index (κ2) is 6.73. The lowest BCUT2D eigenvalue weighted by Crippen LogP contribution is -2.50. The van der Waals surface area contributed by atoms with Gasteiger partial charge in [0.25, 0.3) is 0 Å². The van der Waals surface area contributed by atoms with Gasteiger partial charge in [0, 0.05) is 18.1 Å². The molecule has 0 aliphatic carbocycles. The summed E-state index contributed by atoms with van der Waals surface area (Å²) < 4.78 is 0. The average Bonchev–Trinajstić information content (AvgIpc) is 2.56. The fraction of sp³-hybridized carbons (Fsp3) is 0.316. The van der Waals surface area contributed by atoms with Crippen LogP contribution in [0, 0.1) is 0 Å². The van der Waals surface area contributed by atoms with Gasteiger partial charge in [0.15, 0.2) is 0 Å². The average molecular weight is 330 g/mol. The highest BCUT2D eigenvalue weighted by atomic mass is 35.5. The van der Waals surface area contributed by atoms with Gasteiger partial charge in [-0.05, 0) is 42.6 Å². The molecule has 2 aromatic carbocycles. The van der Waals surface area contributed by atoms with E-state index in [2.05, 4.69) is 17.0 Å². The summed E-state index contributed by atoms with van der Waals surface area (Å²) in [7, 11) is 0. The fourth-order valence-corrected chi connectivity index (χ4v) is 3.55. The van der Waals surface area contributed by atoms with Crippen LogP contribution < -0.4 is 0 Å². The topological polar surface area (TPSA) is 40.5 Å². The number of aliphatic carboxylic acids is 1. The molecule has 0 saturated carbocycles. The van der Waals surface area contributed by atoms with Crippen molar-refractivity contribution in [2.45, 2.75) is 24.8 Å². The molecule has 3 rings (SSSR count). The summed E-state index contributed by atoms with van der Waals surface area (Å²) >= 11 is 5.95. The quantitative estimate of drug-likeness (QED) is 0.923. The highest BCUT2D eigenvalue weighted by molar-refractivity contribution is 6.30. The van der Waals surface area contributed by atoms with Crippen LogP contribution in [0.15, 0.2) is 54.6 Å². The number of rotatable bonds is 4. The summed E-state index contributed by atoms with van der Waals surface area (Å²) in [6.45, 7) is 2.24. The number of carboxylic acid groups (broad SMARTS) is 1. The minimum Gasteiger partial charge on any atom is -0.481 e. The molecule has 4 heteroatoms. The Bertz CT molecular complexity index is 672. The maximum Gasteiger partial charge on any atom is 0.315 e. The minimum absolute atomic E-state index is 0.527. The molecule has 1 aliphatic rings. The molecule has 1 heterocycles. The molecule has 1 unspecified atom stereocenters. The lowest BCUT2D eigenvalue weighted by atomic mass is 9.74. The lowest BCUT2D eigenvalue weighted by Gasteiger charge is -2.40. The minimum atomic E-state index is -0.850. The third kappa shape index (κ3) is 3.41. The van der Waals surface area contributed by atoms with Gasteiger partial charge in [-0.15, -0.1) is 0 Å². The molecule has 2 aromatic rings. The molecule has 23 heavy (non-hydrogen) atoms. The van der Waals surface area contributed by atoms with Crippen LogP contribution in [0.1, 0.15) is 24.0 Å². The van der Waals surface area contributed by atoms with Crippen LogP contribution in [0.25, 0.3) is 0 Å². The summed E-state index contributed by atoms with van der Waals surface area (Å²) in [6.07, 6.45) is 1.54. The Kier molecular flexibility index (Phi) is 4.69. The Morgan fingerprint density at radius 3 is 2.48 bits per heavy atom. The van der Waals surface area contributed by atoms with E-state index in [9.17, 15) is 9.90 Å². The molecule has 1 fully saturated rings. The standard InChI is InChI=1S/C19H20ClNO2/c20-17-9-7-16(8-10-17)19(18(22)23)11-4-12-21(14-19)13-15-5-2-1-3-6-15/h1-3,5-10H,4,11-14H2,(H,22,23). The maximum atomic E-state index is 12.1. The smallest absolute Gasteiger partial charge is 0.315 e. The van der Waals surface area contributed by atoms with Crippen LogP contribution in [0.2, 0.25) is 5.02 Å². The molecule has 1 aliphatic heterocycles. The van der Waals surface area contributed by atoms with Gasteiger partial charge in [-0.2, -0.15) is 0 Å². The van der Waals surface area contributed by atoms with Crippen LogP contribution in [-0.2, 0) is 16.8 Å². The van der Waals surface area contributed by atoms with Crippen LogP contribution >= 0.6 is 11.6 Å². The van der Waals surface area contributed by atoms with Crippen molar-refractivity contribution in [3.63, 3.8) is 0 Å². The number of hydrogen-bond acceptors (Lipinski definition) is 2. The zero-order valence-electron chi connectivity index (χ0n) is 12.9. The summed E-state index contributed by atoms with van der Waals surface area (Å²) in [4.78, 5) is 14.3. The monoisotopic (exact) mass is 329 g/mol. The van der Waals surface area contributed by atoms with E-state index in [1.165, 1.54) is 5.56 Å². The van der Waals surface area contributed by atoms with Gasteiger partial charge < -0.3 is 5.11 Å². The number of piperidine rings is 1. The zero-order chi connectivity index (χ0) is 16.3. The second-order valence-electron chi connectivity index (χ2n) is 6.19. The molecular formula is C19H20ClNO2. The Labute approximate surface area is 141 Å². The predicted molar refractivity (Wildman–Crippen MR) is 91.7 cm³/mol. The third-order valence-corrected chi connectivity index (χ3v) is 4.88. The Morgan fingerprint density at radius 2 is 1.83 bits per heavy atom. The van der Waals surface area contributed by atoms with Crippen molar-refractivity contribution < 1.29 is 9.90 Å². The number of hydrogen-bond donors (Lipinski definition) is 1. The van der Waals surface area contributed by atoms with Gasteiger partial charge in [0.2, 0.25) is 0 Å². The zero-order valence-corrected chi connectivity index (χ0v) is 13.7. The summed E-state index contributed by atoms with van der Waals surface area (Å²) in [5.41, 5.74) is 1.20. The van der Waals surface area contributed by atoms with Crippen molar-refractivity contribution in [3.05, 3.63) is 70.7 Å². The van der Waals surface area contributed by atoms with Gasteiger partial charge in [-0.1, -0.05) is 54.1 Å². The molecule has 1 saturated heterocycles. The normalized spacial score (nSPS) is 22.0. The van der Waals surface area contributed by atoms with Gasteiger partial charge in [-0.3, -0.25) is 9.69 Å². The van der Waals surface area contributed by atoms with Crippen molar-refractivity contribution in [2.75, 3.05) is 13.1 Å². The third-order valence-electron chi connectivity index (χ3n) is 4.63. The molecule has 0 amide bonds. The van der Waals surface area contributed by atoms with E-state index in [1.54, 1.807) is 12.1 Å². The molecule has 0 bridgehead atoms. The number of carbonyl (C=O) groups is 1. The first-order chi connectivity index (χ1) is 11.1. The maximum absolute atomic E-state index is 12.1. The number of nitrogens with zero attached hydrogens (tertiary/aromatic N) is 1. The van der Waals surface area contributed by atoms with E-state index in [0.29, 0.717) is 18.0 Å². The fourth-order valence-electron chi connectivity index (χ4n) is 3.42. The summed E-state index contributed by atoms with van der Waals surface area (Å²) in [5, 5.41) is 10.6. The first kappa shape index (κ1) is 16.0. The van der Waals surface area contributed by atoms with Gasteiger partial charge >= 0.3 is 5.97 Å². The lowest BCUT2D eigenvalue weighted by molar-refractivity contribution is -0.146. The SMILES string of the molecule is O=C(O)C1(c2ccc(Cl)cc2)CCCN(Cc2ccccc2)C1. The van der Waals surface area contributed by atoms with Gasteiger partial charge in [0.1, 0.15) is 5.41 Å². The van der Waals surface area contributed by atoms with Gasteiger partial charge in [-0.25, -0.2) is 0 Å². The number of halogens is 1.